The van der Waals surface area contributed by atoms with Crippen molar-refractivity contribution in [2.75, 3.05) is 6.54 Å². The molecule has 2 nitrogen and oxygen atoms in total. The molecule has 0 saturated carbocycles. The van der Waals surface area contributed by atoms with Gasteiger partial charge in [0.25, 0.3) is 0 Å². The topological polar surface area (TPSA) is 20.3 Å². The first-order valence-corrected chi connectivity index (χ1v) is 4.40. The van der Waals surface area contributed by atoms with E-state index in [1.807, 2.05) is 18.2 Å². The van der Waals surface area contributed by atoms with Gasteiger partial charge in [0.2, 0.25) is 5.91 Å². The SMILES string of the molecule is CC(=O)N1[C]c2ccccc2CC1. The number of carbonyl (C=O) groups excluding carboxylic acids is 1. The average molecular weight is 173 g/mol. The van der Waals surface area contributed by atoms with Crippen LogP contribution in [0.1, 0.15) is 18.1 Å². The summed E-state index contributed by atoms with van der Waals surface area (Å²) in [6.07, 6.45) is 0.933. The Kier molecular flexibility index (Phi) is 2.05. The number of fused-ring (bicyclic) bond motifs is 1. The smallest absolute Gasteiger partial charge is 0.220 e. The molecule has 2 heteroatoms. The molecule has 0 N–H and O–H groups in total. The van der Waals surface area contributed by atoms with Crippen LogP contribution in [0.3, 0.4) is 0 Å². The minimum Gasteiger partial charge on any atom is -0.327 e. The zero-order valence-corrected chi connectivity index (χ0v) is 7.58. The van der Waals surface area contributed by atoms with Crippen LogP contribution in [0.15, 0.2) is 24.3 Å². The molecule has 0 unspecified atom stereocenters. The van der Waals surface area contributed by atoms with Gasteiger partial charge < -0.3 is 4.90 Å². The number of rotatable bonds is 0. The van der Waals surface area contributed by atoms with Crippen molar-refractivity contribution in [2.24, 2.45) is 0 Å². The van der Waals surface area contributed by atoms with E-state index in [-0.39, 0.29) is 5.91 Å². The Morgan fingerprint density at radius 3 is 3.00 bits per heavy atom. The molecule has 13 heavy (non-hydrogen) atoms. The van der Waals surface area contributed by atoms with Crippen molar-refractivity contribution >= 4 is 5.91 Å². The zero-order valence-electron chi connectivity index (χ0n) is 7.58. The lowest BCUT2D eigenvalue weighted by molar-refractivity contribution is -0.127. The lowest BCUT2D eigenvalue weighted by Gasteiger charge is -2.26. The van der Waals surface area contributed by atoms with Gasteiger partial charge in [0, 0.05) is 13.5 Å². The molecule has 0 spiro atoms. The molecule has 2 radical (unpaired) electrons. The van der Waals surface area contributed by atoms with Gasteiger partial charge in [-0.25, -0.2) is 0 Å². The molecule has 1 amide bonds. The van der Waals surface area contributed by atoms with Crippen LogP contribution in [0.2, 0.25) is 0 Å². The van der Waals surface area contributed by atoms with Crippen molar-refractivity contribution in [3.63, 3.8) is 0 Å². The summed E-state index contributed by atoms with van der Waals surface area (Å²) in [6.45, 7) is 5.41. The summed E-state index contributed by atoms with van der Waals surface area (Å²) in [6, 6.07) is 8.06. The van der Waals surface area contributed by atoms with Crippen LogP contribution in [0.4, 0.5) is 0 Å². The summed E-state index contributed by atoms with van der Waals surface area (Å²) >= 11 is 0. The lowest BCUT2D eigenvalue weighted by atomic mass is 10.00. The summed E-state index contributed by atoms with van der Waals surface area (Å²) in [4.78, 5) is 12.7. The third-order valence-corrected chi connectivity index (χ3v) is 2.26. The van der Waals surface area contributed by atoms with Gasteiger partial charge in [-0.3, -0.25) is 4.79 Å². The zero-order chi connectivity index (χ0) is 9.26. The molecule has 66 valence electrons. The Labute approximate surface area is 78.2 Å². The van der Waals surface area contributed by atoms with E-state index in [1.54, 1.807) is 11.8 Å². The van der Waals surface area contributed by atoms with Gasteiger partial charge in [0.15, 0.2) is 0 Å². The van der Waals surface area contributed by atoms with E-state index in [0.717, 1.165) is 18.5 Å². The van der Waals surface area contributed by atoms with Crippen LogP contribution in [-0.4, -0.2) is 17.4 Å². The van der Waals surface area contributed by atoms with Crippen LogP contribution in [0.5, 0.6) is 0 Å². The molecule has 1 heterocycles. The molecule has 1 aromatic rings. The van der Waals surface area contributed by atoms with Crippen LogP contribution in [-0.2, 0) is 11.2 Å². The van der Waals surface area contributed by atoms with Crippen LogP contribution in [0, 0.1) is 6.54 Å². The van der Waals surface area contributed by atoms with Gasteiger partial charge in [-0.05, 0) is 17.5 Å². The maximum Gasteiger partial charge on any atom is 0.220 e. The second-order valence-electron chi connectivity index (χ2n) is 3.19. The van der Waals surface area contributed by atoms with E-state index in [2.05, 4.69) is 12.6 Å². The predicted octanol–water partition coefficient (Wildman–Crippen LogP) is 1.48. The highest BCUT2D eigenvalue weighted by Gasteiger charge is 2.18. The van der Waals surface area contributed by atoms with Crippen molar-refractivity contribution in [3.8, 4) is 0 Å². The molecule has 0 atom stereocenters. The highest BCUT2D eigenvalue weighted by molar-refractivity contribution is 5.75. The number of nitrogens with zero attached hydrogens (tertiary/aromatic N) is 1. The minimum atomic E-state index is 0.0644. The molecular weight excluding hydrogens is 162 g/mol. The summed E-state index contributed by atoms with van der Waals surface area (Å²) in [5.74, 6) is 0.0644. The average Bonchev–Trinajstić information content (AvgIpc) is 2.17. The Bertz CT molecular complexity index is 333. The molecule has 1 aliphatic heterocycles. The van der Waals surface area contributed by atoms with Gasteiger partial charge in [0.05, 0.1) is 0 Å². The van der Waals surface area contributed by atoms with E-state index < -0.39 is 0 Å². The van der Waals surface area contributed by atoms with E-state index in [4.69, 9.17) is 0 Å². The minimum absolute atomic E-state index is 0.0644. The van der Waals surface area contributed by atoms with Crippen molar-refractivity contribution in [1.82, 2.24) is 4.90 Å². The molecule has 0 aliphatic carbocycles. The first kappa shape index (κ1) is 8.30. The summed E-state index contributed by atoms with van der Waals surface area (Å²) in [7, 11) is 0. The molecule has 1 aliphatic rings. The third kappa shape index (κ3) is 1.57. The summed E-state index contributed by atoms with van der Waals surface area (Å²) in [5, 5.41) is 0. The Morgan fingerprint density at radius 2 is 2.23 bits per heavy atom. The molecule has 0 fully saturated rings. The second-order valence-corrected chi connectivity index (χ2v) is 3.19. The maximum absolute atomic E-state index is 11.1. The van der Waals surface area contributed by atoms with Crippen molar-refractivity contribution in [2.45, 2.75) is 13.3 Å². The highest BCUT2D eigenvalue weighted by Crippen LogP contribution is 2.19. The molecule has 0 aromatic heterocycles. The van der Waals surface area contributed by atoms with Gasteiger partial charge in [-0.2, -0.15) is 0 Å². The van der Waals surface area contributed by atoms with Gasteiger partial charge >= 0.3 is 0 Å². The predicted molar refractivity (Wildman–Crippen MR) is 49.9 cm³/mol. The van der Waals surface area contributed by atoms with Crippen molar-refractivity contribution < 1.29 is 4.79 Å². The first-order chi connectivity index (χ1) is 6.27. The van der Waals surface area contributed by atoms with Gasteiger partial charge in [0.1, 0.15) is 6.54 Å². The lowest BCUT2D eigenvalue weighted by Crippen LogP contribution is -2.32. The monoisotopic (exact) mass is 173 g/mol. The first-order valence-electron chi connectivity index (χ1n) is 4.40. The molecule has 2 rings (SSSR count). The summed E-state index contributed by atoms with van der Waals surface area (Å²) < 4.78 is 0. The second kappa shape index (κ2) is 3.21. The van der Waals surface area contributed by atoms with E-state index in [1.165, 1.54) is 5.56 Å². The van der Waals surface area contributed by atoms with E-state index in [0.29, 0.717) is 0 Å². The Balaban J connectivity index is 2.24. The number of benzene rings is 1. The normalized spacial score (nSPS) is 15.3. The maximum atomic E-state index is 11.1. The van der Waals surface area contributed by atoms with Crippen LogP contribution < -0.4 is 0 Å². The number of hydrogen-bond acceptors (Lipinski definition) is 1. The fourth-order valence-corrected chi connectivity index (χ4v) is 1.52. The van der Waals surface area contributed by atoms with Crippen LogP contribution in [0.25, 0.3) is 0 Å². The molecule has 0 bridgehead atoms. The fraction of sp³-hybridized carbons (Fsp3) is 0.273. The Morgan fingerprint density at radius 1 is 1.46 bits per heavy atom. The third-order valence-electron chi connectivity index (χ3n) is 2.26. The van der Waals surface area contributed by atoms with Crippen molar-refractivity contribution in [3.05, 3.63) is 41.9 Å². The Hall–Kier alpha value is -1.31. The fourth-order valence-electron chi connectivity index (χ4n) is 1.52. The molecule has 1 aromatic carbocycles. The van der Waals surface area contributed by atoms with Gasteiger partial charge in [-0.1, -0.05) is 24.3 Å². The largest absolute Gasteiger partial charge is 0.327 e. The van der Waals surface area contributed by atoms with Crippen molar-refractivity contribution in [1.29, 1.82) is 0 Å². The standard InChI is InChI=1S/C11H11NO/c1-9(13)12-7-6-10-4-2-3-5-11(10)8-12/h2-5H,6-7H2,1H3. The number of carbonyl (C=O) groups is 1. The molecule has 0 saturated heterocycles. The van der Waals surface area contributed by atoms with Crippen LogP contribution >= 0.6 is 0 Å². The quantitative estimate of drug-likeness (QED) is 0.582. The van der Waals surface area contributed by atoms with Gasteiger partial charge in [-0.15, -0.1) is 0 Å². The summed E-state index contributed by atoms with van der Waals surface area (Å²) in [5.41, 5.74) is 2.32. The molecular formula is C11H11NO. The van der Waals surface area contributed by atoms with E-state index in [9.17, 15) is 4.79 Å². The number of hydrogen-bond donors (Lipinski definition) is 0. The number of amides is 1. The highest BCUT2D eigenvalue weighted by atomic mass is 16.2. The van der Waals surface area contributed by atoms with E-state index >= 15 is 0 Å².